The van der Waals surface area contributed by atoms with Gasteiger partial charge < -0.3 is 14.6 Å². The SMILES string of the molecule is Cn1c2c(c3ccc(Br)nc31)CN(C(=O)O)CCC2. The number of pyridine rings is 1. The lowest BCUT2D eigenvalue weighted by molar-refractivity contribution is 0.143. The first kappa shape index (κ1) is 12.5. The highest BCUT2D eigenvalue weighted by Crippen LogP contribution is 2.29. The number of hydrogen-bond donors (Lipinski definition) is 1. The van der Waals surface area contributed by atoms with Crippen LogP contribution in [-0.2, 0) is 20.0 Å². The van der Waals surface area contributed by atoms with E-state index >= 15 is 0 Å². The molecule has 6 heteroatoms. The molecule has 0 radical (unpaired) electrons. The van der Waals surface area contributed by atoms with E-state index in [2.05, 4.69) is 25.5 Å². The van der Waals surface area contributed by atoms with Crippen molar-refractivity contribution < 1.29 is 9.90 Å². The van der Waals surface area contributed by atoms with Gasteiger partial charge in [0, 0.05) is 30.2 Å². The molecule has 0 fully saturated rings. The van der Waals surface area contributed by atoms with Gasteiger partial charge >= 0.3 is 6.09 Å². The zero-order valence-corrected chi connectivity index (χ0v) is 12.1. The monoisotopic (exact) mass is 323 g/mol. The predicted molar refractivity (Wildman–Crippen MR) is 75.2 cm³/mol. The second-order valence-electron chi connectivity index (χ2n) is 4.80. The molecule has 19 heavy (non-hydrogen) atoms. The maximum Gasteiger partial charge on any atom is 0.407 e. The van der Waals surface area contributed by atoms with Gasteiger partial charge in [-0.1, -0.05) is 0 Å². The lowest BCUT2D eigenvalue weighted by atomic mass is 10.1. The summed E-state index contributed by atoms with van der Waals surface area (Å²) in [5, 5.41) is 10.3. The molecule has 1 aliphatic rings. The van der Waals surface area contributed by atoms with Crippen molar-refractivity contribution in [2.45, 2.75) is 19.4 Å². The molecule has 3 rings (SSSR count). The minimum Gasteiger partial charge on any atom is -0.465 e. The van der Waals surface area contributed by atoms with Gasteiger partial charge in [-0.25, -0.2) is 9.78 Å². The van der Waals surface area contributed by atoms with E-state index < -0.39 is 6.09 Å². The number of aryl methyl sites for hydroxylation is 1. The number of nitrogens with zero attached hydrogens (tertiary/aromatic N) is 3. The van der Waals surface area contributed by atoms with E-state index in [1.54, 1.807) is 0 Å². The normalized spacial score (nSPS) is 15.4. The number of amides is 1. The Hall–Kier alpha value is -1.56. The Balaban J connectivity index is 2.19. The number of halogens is 1. The summed E-state index contributed by atoms with van der Waals surface area (Å²) in [7, 11) is 2.00. The third kappa shape index (κ3) is 2.00. The summed E-state index contributed by atoms with van der Waals surface area (Å²) in [6, 6.07) is 3.91. The summed E-state index contributed by atoms with van der Waals surface area (Å²) in [4.78, 5) is 17.2. The molecule has 2 aromatic heterocycles. The Morgan fingerprint density at radius 3 is 3.00 bits per heavy atom. The van der Waals surface area contributed by atoms with E-state index in [4.69, 9.17) is 0 Å². The van der Waals surface area contributed by atoms with Gasteiger partial charge in [0.2, 0.25) is 0 Å². The van der Waals surface area contributed by atoms with Crippen LogP contribution in [0.25, 0.3) is 11.0 Å². The van der Waals surface area contributed by atoms with Gasteiger partial charge in [0.15, 0.2) is 0 Å². The molecule has 100 valence electrons. The molecule has 0 unspecified atom stereocenters. The highest BCUT2D eigenvalue weighted by molar-refractivity contribution is 9.10. The van der Waals surface area contributed by atoms with E-state index in [9.17, 15) is 9.90 Å². The Labute approximate surface area is 119 Å². The number of fused-ring (bicyclic) bond motifs is 3. The molecule has 0 aromatic carbocycles. The molecule has 0 saturated heterocycles. The molecule has 0 aliphatic carbocycles. The molecule has 0 atom stereocenters. The van der Waals surface area contributed by atoms with Crippen LogP contribution in [0.5, 0.6) is 0 Å². The third-order valence-corrected chi connectivity index (χ3v) is 4.14. The van der Waals surface area contributed by atoms with Crippen LogP contribution < -0.4 is 0 Å². The Bertz CT molecular complexity index is 665. The zero-order valence-electron chi connectivity index (χ0n) is 10.6. The number of carboxylic acid groups (broad SMARTS) is 1. The molecule has 0 bridgehead atoms. The fourth-order valence-corrected chi connectivity index (χ4v) is 3.07. The highest BCUT2D eigenvalue weighted by Gasteiger charge is 2.23. The number of carbonyl (C=O) groups is 1. The first-order chi connectivity index (χ1) is 9.08. The summed E-state index contributed by atoms with van der Waals surface area (Å²) in [5.74, 6) is 0. The van der Waals surface area contributed by atoms with Gasteiger partial charge in [0.25, 0.3) is 0 Å². The van der Waals surface area contributed by atoms with Crippen LogP contribution in [0.4, 0.5) is 4.79 Å². The minimum atomic E-state index is -0.852. The fraction of sp³-hybridized carbons (Fsp3) is 0.385. The topological polar surface area (TPSA) is 58.4 Å². The van der Waals surface area contributed by atoms with Crippen LogP contribution in [0.2, 0.25) is 0 Å². The second-order valence-corrected chi connectivity index (χ2v) is 5.61. The second kappa shape index (κ2) is 4.52. The van der Waals surface area contributed by atoms with Crippen molar-refractivity contribution in [2.24, 2.45) is 7.05 Å². The number of hydrogen-bond acceptors (Lipinski definition) is 2. The molecule has 1 aliphatic heterocycles. The first-order valence-electron chi connectivity index (χ1n) is 6.18. The first-order valence-corrected chi connectivity index (χ1v) is 6.98. The standard InChI is InChI=1S/C13H14BrN3O2/c1-16-10-3-2-6-17(13(18)19)7-9(10)8-4-5-11(14)15-12(8)16/h4-5H,2-3,6-7H2,1H3,(H,18,19). The van der Waals surface area contributed by atoms with E-state index in [1.165, 1.54) is 10.6 Å². The van der Waals surface area contributed by atoms with Crippen molar-refractivity contribution >= 4 is 33.1 Å². The average molecular weight is 324 g/mol. The molecule has 1 amide bonds. The summed E-state index contributed by atoms with van der Waals surface area (Å²) in [6.07, 6.45) is 0.892. The molecular weight excluding hydrogens is 310 g/mol. The molecule has 5 nitrogen and oxygen atoms in total. The molecule has 0 spiro atoms. The van der Waals surface area contributed by atoms with Gasteiger partial charge in [-0.2, -0.15) is 0 Å². The highest BCUT2D eigenvalue weighted by atomic mass is 79.9. The lowest BCUT2D eigenvalue weighted by Crippen LogP contribution is -2.28. The van der Waals surface area contributed by atoms with Crippen molar-refractivity contribution in [1.29, 1.82) is 0 Å². The third-order valence-electron chi connectivity index (χ3n) is 3.70. The fourth-order valence-electron chi connectivity index (χ4n) is 2.77. The molecule has 3 heterocycles. The molecule has 1 N–H and O–H groups in total. The van der Waals surface area contributed by atoms with E-state index in [0.717, 1.165) is 34.0 Å². The van der Waals surface area contributed by atoms with Crippen LogP contribution in [0.3, 0.4) is 0 Å². The van der Waals surface area contributed by atoms with Gasteiger partial charge in [0.05, 0.1) is 6.54 Å². The molecular formula is C13H14BrN3O2. The van der Waals surface area contributed by atoms with Crippen molar-refractivity contribution in [2.75, 3.05) is 6.54 Å². The van der Waals surface area contributed by atoms with Gasteiger partial charge in [-0.3, -0.25) is 0 Å². The van der Waals surface area contributed by atoms with Crippen LogP contribution in [0, 0.1) is 0 Å². The number of rotatable bonds is 0. The van der Waals surface area contributed by atoms with Gasteiger partial charge in [-0.05, 0) is 40.9 Å². The van der Waals surface area contributed by atoms with E-state index in [-0.39, 0.29) is 0 Å². The van der Waals surface area contributed by atoms with Gasteiger partial charge in [-0.15, -0.1) is 0 Å². The largest absolute Gasteiger partial charge is 0.465 e. The zero-order chi connectivity index (χ0) is 13.6. The van der Waals surface area contributed by atoms with Crippen molar-refractivity contribution in [1.82, 2.24) is 14.5 Å². The summed E-state index contributed by atoms with van der Waals surface area (Å²) >= 11 is 3.38. The smallest absolute Gasteiger partial charge is 0.407 e. The average Bonchev–Trinajstić information content (AvgIpc) is 2.56. The molecule has 0 saturated carbocycles. The quantitative estimate of drug-likeness (QED) is 0.758. The van der Waals surface area contributed by atoms with Crippen molar-refractivity contribution in [3.8, 4) is 0 Å². The van der Waals surface area contributed by atoms with E-state index in [0.29, 0.717) is 13.1 Å². The minimum absolute atomic E-state index is 0.450. The van der Waals surface area contributed by atoms with Crippen LogP contribution in [0.1, 0.15) is 17.7 Å². The van der Waals surface area contributed by atoms with Crippen molar-refractivity contribution in [3.63, 3.8) is 0 Å². The summed E-state index contributed by atoms with van der Waals surface area (Å²) in [5.41, 5.74) is 3.20. The van der Waals surface area contributed by atoms with Crippen LogP contribution >= 0.6 is 15.9 Å². The van der Waals surface area contributed by atoms with Gasteiger partial charge in [0.1, 0.15) is 10.3 Å². The maximum atomic E-state index is 11.2. The lowest BCUT2D eigenvalue weighted by Gasteiger charge is -2.16. The Kier molecular flexibility index (Phi) is 2.97. The summed E-state index contributed by atoms with van der Waals surface area (Å²) < 4.78 is 2.88. The Morgan fingerprint density at radius 1 is 1.47 bits per heavy atom. The van der Waals surface area contributed by atoms with E-state index in [1.807, 2.05) is 19.2 Å². The maximum absolute atomic E-state index is 11.2. The molecule has 2 aromatic rings. The van der Waals surface area contributed by atoms with Crippen LogP contribution in [0.15, 0.2) is 16.7 Å². The Morgan fingerprint density at radius 2 is 2.26 bits per heavy atom. The summed E-state index contributed by atoms with van der Waals surface area (Å²) in [6.45, 7) is 1.04. The van der Waals surface area contributed by atoms with Crippen LogP contribution in [-0.4, -0.2) is 32.2 Å². The van der Waals surface area contributed by atoms with Crippen molar-refractivity contribution in [3.05, 3.63) is 28.0 Å². The number of aromatic nitrogens is 2. The predicted octanol–water partition coefficient (Wildman–Crippen LogP) is 2.76.